The Hall–Kier alpha value is -2.91. The molecule has 30 heavy (non-hydrogen) atoms. The lowest BCUT2D eigenvalue weighted by Crippen LogP contribution is -2.54. The number of rotatable bonds is 5. The van der Waals surface area contributed by atoms with Gasteiger partial charge in [0.1, 0.15) is 17.1 Å². The van der Waals surface area contributed by atoms with Crippen LogP contribution in [-0.2, 0) is 6.54 Å². The van der Waals surface area contributed by atoms with E-state index >= 15 is 0 Å². The first-order valence-corrected chi connectivity index (χ1v) is 9.98. The van der Waals surface area contributed by atoms with Crippen molar-refractivity contribution in [1.82, 2.24) is 9.58 Å². The van der Waals surface area contributed by atoms with Gasteiger partial charge in [0.05, 0.1) is 6.67 Å². The van der Waals surface area contributed by atoms with Crippen molar-refractivity contribution in [2.75, 3.05) is 18.2 Å². The maximum absolute atomic E-state index is 13.2. The minimum Gasteiger partial charge on any atom is -0.503 e. The summed E-state index contributed by atoms with van der Waals surface area (Å²) in [4.78, 5) is 25.5. The van der Waals surface area contributed by atoms with Gasteiger partial charge in [-0.3, -0.25) is 14.5 Å². The van der Waals surface area contributed by atoms with Crippen LogP contribution in [0.3, 0.4) is 0 Å². The molecule has 2 aromatic rings. The van der Waals surface area contributed by atoms with E-state index in [9.17, 15) is 29.3 Å². The number of aromatic nitrogens is 1. The number of aliphatic hydroxyl groups is 1. The second-order valence-electron chi connectivity index (χ2n) is 7.98. The topological polar surface area (TPSA) is 106 Å². The van der Waals surface area contributed by atoms with Gasteiger partial charge < -0.3 is 15.3 Å². The second-order valence-corrected chi connectivity index (χ2v) is 7.98. The number of carbonyl (C=O) groups is 1. The fourth-order valence-corrected chi connectivity index (χ4v) is 4.36. The van der Waals surface area contributed by atoms with Crippen LogP contribution in [0.4, 0.5) is 4.39 Å². The van der Waals surface area contributed by atoms with Gasteiger partial charge in [0.15, 0.2) is 12.0 Å². The highest BCUT2D eigenvalue weighted by atomic mass is 19.1. The van der Waals surface area contributed by atoms with E-state index in [2.05, 4.69) is 0 Å². The van der Waals surface area contributed by atoms with Crippen LogP contribution in [-0.4, -0.2) is 44.1 Å². The molecular weight excluding hydrogens is 393 g/mol. The van der Waals surface area contributed by atoms with E-state index in [0.717, 1.165) is 31.2 Å². The van der Waals surface area contributed by atoms with Crippen molar-refractivity contribution in [1.29, 1.82) is 0 Å². The molecule has 0 saturated heterocycles. The standard InChI is InChI=1S/C21H24FN3O5/c22-15-7-5-14(6-8-15)9-23-12-24(10-13-3-1-2-4-13)25-11-16(21(29)30)18(26)19(27)17(25)20(23)28/h5-8,11,13,20,27-28H,1-4,9-10,12H2,(H,29,30). The lowest BCUT2D eigenvalue weighted by atomic mass is 10.1. The molecule has 1 aromatic carbocycles. The zero-order chi connectivity index (χ0) is 21.4. The van der Waals surface area contributed by atoms with E-state index in [0.29, 0.717) is 12.5 Å². The number of hydrogen-bond donors (Lipinski definition) is 3. The molecule has 1 aromatic heterocycles. The SMILES string of the molecule is O=C(O)c1cn2c(c(O)c1=O)C(O)N(Cc1ccc(F)cc1)CN2CC1CCCC1. The maximum atomic E-state index is 13.2. The van der Waals surface area contributed by atoms with Crippen molar-refractivity contribution in [2.24, 2.45) is 5.92 Å². The summed E-state index contributed by atoms with van der Waals surface area (Å²) < 4.78 is 14.6. The Morgan fingerprint density at radius 3 is 2.47 bits per heavy atom. The van der Waals surface area contributed by atoms with E-state index < -0.39 is 28.9 Å². The predicted octanol–water partition coefficient (Wildman–Crippen LogP) is 1.98. The molecule has 1 aliphatic carbocycles. The first-order chi connectivity index (χ1) is 14.3. The summed E-state index contributed by atoms with van der Waals surface area (Å²) in [5.74, 6) is -2.18. The Morgan fingerprint density at radius 2 is 1.83 bits per heavy atom. The zero-order valence-corrected chi connectivity index (χ0v) is 16.4. The molecule has 1 aliphatic heterocycles. The summed E-state index contributed by atoms with van der Waals surface area (Å²) in [6, 6.07) is 5.88. The van der Waals surface area contributed by atoms with Gasteiger partial charge in [-0.15, -0.1) is 0 Å². The smallest absolute Gasteiger partial charge is 0.341 e. The molecule has 0 amide bonds. The lowest BCUT2D eigenvalue weighted by molar-refractivity contribution is -0.0331. The van der Waals surface area contributed by atoms with Gasteiger partial charge >= 0.3 is 5.97 Å². The largest absolute Gasteiger partial charge is 0.503 e. The monoisotopic (exact) mass is 417 g/mol. The highest BCUT2D eigenvalue weighted by molar-refractivity contribution is 5.87. The van der Waals surface area contributed by atoms with Crippen molar-refractivity contribution < 1.29 is 24.5 Å². The number of fused-ring (bicyclic) bond motifs is 1. The van der Waals surface area contributed by atoms with Crippen LogP contribution in [0.1, 0.15) is 53.5 Å². The number of carboxylic acid groups (broad SMARTS) is 1. The number of benzene rings is 1. The van der Waals surface area contributed by atoms with Gasteiger partial charge in [0, 0.05) is 19.3 Å². The van der Waals surface area contributed by atoms with E-state index in [-0.39, 0.29) is 24.7 Å². The number of nitrogens with zero attached hydrogens (tertiary/aromatic N) is 3. The van der Waals surface area contributed by atoms with Crippen molar-refractivity contribution in [2.45, 2.75) is 38.5 Å². The van der Waals surface area contributed by atoms with Crippen molar-refractivity contribution >= 4 is 5.97 Å². The number of hydrogen-bond acceptors (Lipinski definition) is 6. The van der Waals surface area contributed by atoms with Crippen LogP contribution in [0.15, 0.2) is 35.3 Å². The first kappa shape index (κ1) is 20.4. The minimum absolute atomic E-state index is 0.0589. The maximum Gasteiger partial charge on any atom is 0.341 e. The summed E-state index contributed by atoms with van der Waals surface area (Å²) in [7, 11) is 0. The molecule has 9 heteroatoms. The molecule has 4 rings (SSSR count). The normalized spacial score (nSPS) is 19.8. The second kappa shape index (κ2) is 8.08. The molecule has 2 heterocycles. The summed E-state index contributed by atoms with van der Waals surface area (Å²) in [5.41, 5.74) is -0.880. The van der Waals surface area contributed by atoms with Crippen LogP contribution >= 0.6 is 0 Å². The molecule has 0 bridgehead atoms. The third-order valence-corrected chi connectivity index (χ3v) is 5.91. The zero-order valence-electron chi connectivity index (χ0n) is 16.4. The molecule has 8 nitrogen and oxygen atoms in total. The highest BCUT2D eigenvalue weighted by Gasteiger charge is 2.36. The third-order valence-electron chi connectivity index (χ3n) is 5.91. The molecular formula is C21H24FN3O5. The van der Waals surface area contributed by atoms with E-state index in [1.807, 2.05) is 5.01 Å². The Bertz CT molecular complexity index is 1000. The van der Waals surface area contributed by atoms with Crippen molar-refractivity contribution in [3.8, 4) is 5.75 Å². The Balaban J connectivity index is 1.74. The fraction of sp³-hybridized carbons (Fsp3) is 0.429. The van der Waals surface area contributed by atoms with E-state index in [1.54, 1.807) is 17.0 Å². The molecule has 1 saturated carbocycles. The molecule has 2 aliphatic rings. The van der Waals surface area contributed by atoms with E-state index in [4.69, 9.17) is 0 Å². The number of pyridine rings is 1. The van der Waals surface area contributed by atoms with Crippen LogP contribution in [0, 0.1) is 11.7 Å². The molecule has 1 unspecified atom stereocenters. The molecule has 3 N–H and O–H groups in total. The number of aliphatic hydroxyl groups excluding tert-OH is 1. The Morgan fingerprint density at radius 1 is 1.17 bits per heavy atom. The molecule has 1 atom stereocenters. The molecule has 1 fully saturated rings. The summed E-state index contributed by atoms with van der Waals surface area (Å²) >= 11 is 0. The minimum atomic E-state index is -1.44. The van der Waals surface area contributed by atoms with Crippen LogP contribution < -0.4 is 10.4 Å². The van der Waals surface area contributed by atoms with Crippen molar-refractivity contribution in [3.05, 3.63) is 63.3 Å². The average molecular weight is 417 g/mol. The molecule has 160 valence electrons. The number of aromatic hydroxyl groups is 1. The van der Waals surface area contributed by atoms with Gasteiger partial charge in [-0.2, -0.15) is 0 Å². The highest BCUT2D eigenvalue weighted by Crippen LogP contribution is 2.32. The number of halogens is 1. The fourth-order valence-electron chi connectivity index (χ4n) is 4.36. The Labute approximate surface area is 172 Å². The third kappa shape index (κ3) is 3.78. The molecule has 0 radical (unpaired) electrons. The van der Waals surface area contributed by atoms with Gasteiger partial charge in [-0.1, -0.05) is 25.0 Å². The van der Waals surface area contributed by atoms with Gasteiger partial charge in [-0.05, 0) is 36.5 Å². The Kier molecular flexibility index (Phi) is 5.48. The lowest BCUT2D eigenvalue weighted by Gasteiger charge is -2.44. The summed E-state index contributed by atoms with van der Waals surface area (Å²) in [6.45, 7) is 1.11. The summed E-state index contributed by atoms with van der Waals surface area (Å²) in [5, 5.41) is 32.6. The molecule has 0 spiro atoms. The number of carboxylic acids is 1. The predicted molar refractivity (Wildman–Crippen MR) is 106 cm³/mol. The van der Waals surface area contributed by atoms with E-state index in [1.165, 1.54) is 23.0 Å². The first-order valence-electron chi connectivity index (χ1n) is 9.98. The average Bonchev–Trinajstić information content (AvgIpc) is 3.22. The van der Waals surface area contributed by atoms with Crippen molar-refractivity contribution in [3.63, 3.8) is 0 Å². The summed E-state index contributed by atoms with van der Waals surface area (Å²) in [6.07, 6.45) is 4.19. The van der Waals surface area contributed by atoms with Crippen LogP contribution in [0.5, 0.6) is 5.75 Å². The van der Waals surface area contributed by atoms with Crippen LogP contribution in [0.2, 0.25) is 0 Å². The van der Waals surface area contributed by atoms with Gasteiger partial charge in [0.25, 0.3) is 0 Å². The van der Waals surface area contributed by atoms with Gasteiger partial charge in [-0.25, -0.2) is 14.1 Å². The van der Waals surface area contributed by atoms with Gasteiger partial charge in [0.2, 0.25) is 5.43 Å². The quantitative estimate of drug-likeness (QED) is 0.683. The van der Waals surface area contributed by atoms with Crippen LogP contribution in [0.25, 0.3) is 0 Å². The number of aromatic carboxylic acids is 1.